The van der Waals surface area contributed by atoms with Gasteiger partial charge in [-0.15, -0.1) is 10.2 Å². The average Bonchev–Trinajstić information content (AvgIpc) is 2.74. The first-order chi connectivity index (χ1) is 8.19. The van der Waals surface area contributed by atoms with E-state index >= 15 is 0 Å². The summed E-state index contributed by atoms with van der Waals surface area (Å²) < 4.78 is 6.02. The highest BCUT2D eigenvalue weighted by molar-refractivity contribution is 7.15. The first kappa shape index (κ1) is 12.6. The summed E-state index contributed by atoms with van der Waals surface area (Å²) in [6.07, 6.45) is 0.876. The van der Waals surface area contributed by atoms with E-state index in [1.165, 1.54) is 11.3 Å². The lowest BCUT2D eigenvalue weighted by molar-refractivity contribution is 0.304. The van der Waals surface area contributed by atoms with Gasteiger partial charge in [0.15, 0.2) is 5.01 Å². The highest BCUT2D eigenvalue weighted by Crippen LogP contribution is 2.24. The number of aryl methyl sites for hydroxylation is 1. The van der Waals surface area contributed by atoms with Crippen LogP contribution in [0.5, 0.6) is 5.75 Å². The maximum Gasteiger partial charge on any atom is 0.207 e. The van der Waals surface area contributed by atoms with Gasteiger partial charge >= 0.3 is 0 Å². The van der Waals surface area contributed by atoms with Gasteiger partial charge in [0, 0.05) is 5.02 Å². The number of hydrogen-bond acceptors (Lipinski definition) is 4. The summed E-state index contributed by atoms with van der Waals surface area (Å²) in [6, 6.07) is 5.61. The summed E-state index contributed by atoms with van der Waals surface area (Å²) in [5.74, 6) is 0.776. The minimum absolute atomic E-state index is 0.370. The summed E-state index contributed by atoms with van der Waals surface area (Å²) in [7, 11) is 0. The molecule has 0 saturated carbocycles. The van der Waals surface area contributed by atoms with E-state index in [9.17, 15) is 0 Å². The Morgan fingerprint density at radius 1 is 1.29 bits per heavy atom. The molecule has 0 radical (unpaired) electrons. The molecule has 6 heteroatoms. The number of nitrogens with zero attached hydrogens (tertiary/aromatic N) is 2. The van der Waals surface area contributed by atoms with Gasteiger partial charge < -0.3 is 4.74 Å². The highest BCUT2D eigenvalue weighted by atomic mass is 35.5. The molecule has 0 aliphatic heterocycles. The van der Waals surface area contributed by atoms with E-state index in [-0.39, 0.29) is 0 Å². The number of rotatable bonds is 4. The number of benzene rings is 1. The molecule has 2 aromatic rings. The summed E-state index contributed by atoms with van der Waals surface area (Å²) in [4.78, 5) is 0. The molecular formula is C11H10Cl2N2OS. The van der Waals surface area contributed by atoms with Crippen LogP contribution in [0.4, 0.5) is 0 Å². The third-order valence-electron chi connectivity index (χ3n) is 2.20. The Hall–Kier alpha value is -0.840. The van der Waals surface area contributed by atoms with Crippen LogP contribution >= 0.6 is 34.5 Å². The van der Waals surface area contributed by atoms with Crippen LogP contribution in [0.2, 0.25) is 9.49 Å². The molecule has 0 bridgehead atoms. The van der Waals surface area contributed by atoms with Gasteiger partial charge in [-0.05, 0) is 41.8 Å². The lowest BCUT2D eigenvalue weighted by Gasteiger charge is -2.06. The Balaban J connectivity index is 2.04. The predicted octanol–water partition coefficient (Wildman–Crippen LogP) is 3.99. The summed E-state index contributed by atoms with van der Waals surface area (Å²) in [6.45, 7) is 2.42. The van der Waals surface area contributed by atoms with Crippen molar-refractivity contribution < 1.29 is 4.74 Å². The molecule has 0 amide bonds. The van der Waals surface area contributed by atoms with Gasteiger partial charge in [-0.2, -0.15) is 0 Å². The molecule has 0 saturated heterocycles. The average molecular weight is 289 g/mol. The van der Waals surface area contributed by atoms with Crippen LogP contribution in [-0.4, -0.2) is 10.2 Å². The molecule has 0 N–H and O–H groups in total. The Labute approximate surface area is 113 Å². The molecule has 0 unspecified atom stereocenters. The van der Waals surface area contributed by atoms with E-state index < -0.39 is 0 Å². The van der Waals surface area contributed by atoms with Crippen molar-refractivity contribution in [3.05, 3.63) is 38.3 Å². The van der Waals surface area contributed by atoms with Gasteiger partial charge in [0.05, 0.1) is 0 Å². The first-order valence-corrected chi connectivity index (χ1v) is 6.65. The van der Waals surface area contributed by atoms with Gasteiger partial charge in [0.25, 0.3) is 0 Å². The quantitative estimate of drug-likeness (QED) is 0.853. The third kappa shape index (κ3) is 3.31. The van der Waals surface area contributed by atoms with E-state index in [0.717, 1.165) is 27.8 Å². The van der Waals surface area contributed by atoms with Crippen LogP contribution in [0.1, 0.15) is 17.5 Å². The van der Waals surface area contributed by atoms with Crippen molar-refractivity contribution in [1.82, 2.24) is 10.2 Å². The van der Waals surface area contributed by atoms with Crippen molar-refractivity contribution in [3.8, 4) is 5.75 Å². The topological polar surface area (TPSA) is 35.0 Å². The van der Waals surface area contributed by atoms with Gasteiger partial charge in [-0.1, -0.05) is 29.9 Å². The zero-order valence-electron chi connectivity index (χ0n) is 9.11. The van der Waals surface area contributed by atoms with Gasteiger partial charge in [-0.25, -0.2) is 0 Å². The second-order valence-corrected chi connectivity index (χ2v) is 5.40. The molecule has 0 aliphatic rings. The second kappa shape index (κ2) is 5.67. The van der Waals surface area contributed by atoms with E-state index in [4.69, 9.17) is 27.9 Å². The fourth-order valence-corrected chi connectivity index (χ4v) is 2.38. The maximum absolute atomic E-state index is 6.02. The van der Waals surface area contributed by atoms with Crippen LogP contribution in [-0.2, 0) is 13.0 Å². The highest BCUT2D eigenvalue weighted by Gasteiger charge is 2.04. The van der Waals surface area contributed by atoms with E-state index in [1.807, 2.05) is 18.2 Å². The molecular weight excluding hydrogens is 279 g/mol. The molecule has 2 rings (SSSR count). The minimum Gasteiger partial charge on any atom is -0.486 e. The molecule has 1 heterocycles. The van der Waals surface area contributed by atoms with Crippen LogP contribution in [0, 0.1) is 0 Å². The zero-order valence-corrected chi connectivity index (χ0v) is 11.4. The molecule has 0 fully saturated rings. The van der Waals surface area contributed by atoms with Crippen molar-refractivity contribution in [3.63, 3.8) is 0 Å². The van der Waals surface area contributed by atoms with Gasteiger partial charge in [0.1, 0.15) is 12.4 Å². The van der Waals surface area contributed by atoms with Crippen LogP contribution < -0.4 is 4.74 Å². The monoisotopic (exact) mass is 288 g/mol. The van der Waals surface area contributed by atoms with Crippen LogP contribution in [0.3, 0.4) is 0 Å². The summed E-state index contributed by atoms with van der Waals surface area (Å²) in [5.41, 5.74) is 1.07. The minimum atomic E-state index is 0.370. The Morgan fingerprint density at radius 2 is 2.12 bits per heavy atom. The molecule has 0 atom stereocenters. The first-order valence-electron chi connectivity index (χ1n) is 5.08. The SMILES string of the molecule is CCc1cc(OCc2nnc(Cl)s2)ccc1Cl. The fourth-order valence-electron chi connectivity index (χ4n) is 1.35. The maximum atomic E-state index is 6.02. The normalized spacial score (nSPS) is 10.5. The van der Waals surface area contributed by atoms with Crippen LogP contribution in [0.25, 0.3) is 0 Å². The summed E-state index contributed by atoms with van der Waals surface area (Å²) in [5, 5.41) is 9.10. The van der Waals surface area contributed by atoms with Crippen molar-refractivity contribution in [2.45, 2.75) is 20.0 Å². The van der Waals surface area contributed by atoms with E-state index in [2.05, 4.69) is 17.1 Å². The Morgan fingerprint density at radius 3 is 2.76 bits per heavy atom. The van der Waals surface area contributed by atoms with Crippen LogP contribution in [0.15, 0.2) is 18.2 Å². The smallest absolute Gasteiger partial charge is 0.207 e. The fraction of sp³-hybridized carbons (Fsp3) is 0.273. The number of aromatic nitrogens is 2. The standard InChI is InChI=1S/C11H10Cl2N2OS/c1-2-7-5-8(3-4-9(7)12)16-6-10-14-15-11(13)17-10/h3-5H,2,6H2,1H3. The van der Waals surface area contributed by atoms with Crippen molar-refractivity contribution in [1.29, 1.82) is 0 Å². The molecule has 0 aliphatic carbocycles. The Bertz CT molecular complexity index is 516. The number of ether oxygens (including phenoxy) is 1. The second-order valence-electron chi connectivity index (χ2n) is 3.34. The third-order valence-corrected chi connectivity index (χ3v) is 3.56. The number of hydrogen-bond donors (Lipinski definition) is 0. The predicted molar refractivity (Wildman–Crippen MR) is 70.1 cm³/mol. The molecule has 17 heavy (non-hydrogen) atoms. The van der Waals surface area contributed by atoms with Gasteiger partial charge in [0.2, 0.25) is 4.47 Å². The molecule has 1 aromatic heterocycles. The molecule has 1 aromatic carbocycles. The van der Waals surface area contributed by atoms with Crippen molar-refractivity contribution in [2.24, 2.45) is 0 Å². The lowest BCUT2D eigenvalue weighted by Crippen LogP contribution is -1.95. The zero-order chi connectivity index (χ0) is 12.3. The van der Waals surface area contributed by atoms with Crippen molar-refractivity contribution >= 4 is 34.5 Å². The van der Waals surface area contributed by atoms with Gasteiger partial charge in [-0.3, -0.25) is 0 Å². The largest absolute Gasteiger partial charge is 0.486 e. The van der Waals surface area contributed by atoms with E-state index in [1.54, 1.807) is 0 Å². The Kier molecular flexibility index (Phi) is 4.20. The molecule has 0 spiro atoms. The number of halogens is 2. The van der Waals surface area contributed by atoms with E-state index in [0.29, 0.717) is 11.1 Å². The summed E-state index contributed by atoms with van der Waals surface area (Å²) >= 11 is 13.0. The molecule has 90 valence electrons. The van der Waals surface area contributed by atoms with Crippen molar-refractivity contribution in [2.75, 3.05) is 0 Å². The lowest BCUT2D eigenvalue weighted by atomic mass is 10.1. The molecule has 3 nitrogen and oxygen atoms in total.